The molecule has 0 aliphatic carbocycles. The van der Waals surface area contributed by atoms with Crippen molar-refractivity contribution in [2.75, 3.05) is 6.61 Å². The number of hydrogen-bond acceptors (Lipinski definition) is 6. The molecule has 2 amide bonds. The molecule has 4 atom stereocenters. The molecular formula is C22H26BrNO6. The highest BCUT2D eigenvalue weighted by molar-refractivity contribution is 9.11. The van der Waals surface area contributed by atoms with Crippen molar-refractivity contribution >= 4 is 33.7 Å². The first-order valence-electron chi connectivity index (χ1n) is 10.1. The second-order valence-corrected chi connectivity index (χ2v) is 8.59. The smallest absolute Gasteiger partial charge is 0.416 e. The van der Waals surface area contributed by atoms with E-state index in [0.29, 0.717) is 12.8 Å². The molecule has 1 N–H and O–H groups in total. The molecule has 1 aromatic rings. The number of unbranched alkanes of at least 4 members (excludes halogenated alkanes) is 1. The number of ketones is 1. The highest BCUT2D eigenvalue weighted by Gasteiger charge is 2.48. The second-order valence-electron chi connectivity index (χ2n) is 7.74. The van der Waals surface area contributed by atoms with Gasteiger partial charge in [0.1, 0.15) is 12.7 Å². The number of imide groups is 1. The van der Waals surface area contributed by atoms with Gasteiger partial charge in [-0.05, 0) is 40.4 Å². The van der Waals surface area contributed by atoms with Gasteiger partial charge in [0.15, 0.2) is 11.6 Å². The Morgan fingerprint density at radius 3 is 2.70 bits per heavy atom. The standard InChI is InChI=1S/C22H26BrNO6/c1-3-4-10-22(28)18(23)12-17(25)19(30-22)14(2)20(26)24-16(13-29-21(24)27)11-15-8-6-5-7-9-15/h5-9,12,14,16,19,28H,3-4,10-11,13H2,1-2H3/t14-,16-,19-,22+/m0/s1. The van der Waals surface area contributed by atoms with Crippen LogP contribution in [-0.2, 0) is 25.5 Å². The van der Waals surface area contributed by atoms with Gasteiger partial charge in [0.05, 0.1) is 16.4 Å². The van der Waals surface area contributed by atoms with E-state index in [0.717, 1.165) is 16.9 Å². The first-order valence-corrected chi connectivity index (χ1v) is 10.9. The quantitative estimate of drug-likeness (QED) is 0.644. The van der Waals surface area contributed by atoms with Crippen molar-refractivity contribution in [2.24, 2.45) is 5.92 Å². The van der Waals surface area contributed by atoms with Crippen LogP contribution in [0.3, 0.4) is 0 Å². The van der Waals surface area contributed by atoms with E-state index in [1.165, 1.54) is 13.0 Å². The lowest BCUT2D eigenvalue weighted by Gasteiger charge is -2.37. The molecule has 0 aromatic heterocycles. The summed E-state index contributed by atoms with van der Waals surface area (Å²) in [6, 6.07) is 9.03. The normalized spacial score (nSPS) is 27.6. The molecule has 3 rings (SSSR count). The lowest BCUT2D eigenvalue weighted by atomic mass is 9.93. The molecule has 0 radical (unpaired) electrons. The number of rotatable bonds is 7. The number of carbonyl (C=O) groups excluding carboxylic acids is 3. The largest absolute Gasteiger partial charge is 0.447 e. The van der Waals surface area contributed by atoms with Gasteiger partial charge in [0.2, 0.25) is 5.91 Å². The van der Waals surface area contributed by atoms with Crippen LogP contribution in [0.2, 0.25) is 0 Å². The van der Waals surface area contributed by atoms with Crippen LogP contribution in [0.25, 0.3) is 0 Å². The number of carbonyl (C=O) groups is 3. The summed E-state index contributed by atoms with van der Waals surface area (Å²) in [6.07, 6.45) is 1.60. The molecule has 2 heterocycles. The van der Waals surface area contributed by atoms with Crippen molar-refractivity contribution < 1.29 is 29.0 Å². The summed E-state index contributed by atoms with van der Waals surface area (Å²) in [4.78, 5) is 39.1. The number of halogens is 1. The molecule has 0 saturated carbocycles. The first kappa shape index (κ1) is 22.7. The fourth-order valence-electron chi connectivity index (χ4n) is 3.70. The topological polar surface area (TPSA) is 93.1 Å². The number of benzene rings is 1. The minimum atomic E-state index is -1.67. The van der Waals surface area contributed by atoms with Crippen LogP contribution >= 0.6 is 15.9 Å². The monoisotopic (exact) mass is 479 g/mol. The van der Waals surface area contributed by atoms with Gasteiger partial charge in [-0.25, -0.2) is 9.69 Å². The lowest BCUT2D eigenvalue weighted by molar-refractivity contribution is -0.217. The first-order chi connectivity index (χ1) is 14.3. The predicted octanol–water partition coefficient (Wildman–Crippen LogP) is 3.34. The Kier molecular flexibility index (Phi) is 7.10. The molecule has 2 aliphatic heterocycles. The number of cyclic esters (lactones) is 1. The number of hydrogen-bond donors (Lipinski definition) is 1. The molecule has 162 valence electrons. The van der Waals surface area contributed by atoms with Crippen LogP contribution in [-0.4, -0.2) is 52.3 Å². The van der Waals surface area contributed by atoms with Crippen molar-refractivity contribution in [3.05, 3.63) is 46.5 Å². The van der Waals surface area contributed by atoms with E-state index in [-0.39, 0.29) is 17.5 Å². The molecule has 2 aliphatic rings. The zero-order chi connectivity index (χ0) is 21.9. The van der Waals surface area contributed by atoms with Gasteiger partial charge in [0.25, 0.3) is 0 Å². The Labute approximate surface area is 184 Å². The molecule has 30 heavy (non-hydrogen) atoms. The van der Waals surface area contributed by atoms with Gasteiger partial charge in [-0.15, -0.1) is 0 Å². The third-order valence-electron chi connectivity index (χ3n) is 5.47. The third kappa shape index (κ3) is 4.66. The van der Waals surface area contributed by atoms with Crippen LogP contribution in [0.1, 0.15) is 38.7 Å². The summed E-state index contributed by atoms with van der Waals surface area (Å²) >= 11 is 3.21. The van der Waals surface area contributed by atoms with E-state index in [4.69, 9.17) is 9.47 Å². The SMILES string of the molecule is CCCC[C@@]1(O)O[C@@H]([C@H](C)C(=O)N2C(=O)OC[C@@H]2Cc2ccccc2)C(=O)C=C1Br. The third-order valence-corrected chi connectivity index (χ3v) is 6.32. The highest BCUT2D eigenvalue weighted by atomic mass is 79.9. The zero-order valence-electron chi connectivity index (χ0n) is 17.0. The molecular weight excluding hydrogens is 454 g/mol. The minimum absolute atomic E-state index is 0.0948. The van der Waals surface area contributed by atoms with E-state index in [9.17, 15) is 19.5 Å². The summed E-state index contributed by atoms with van der Waals surface area (Å²) in [6.45, 7) is 3.60. The fraction of sp³-hybridized carbons (Fsp3) is 0.500. The number of ether oxygens (including phenoxy) is 2. The summed E-state index contributed by atoms with van der Waals surface area (Å²) in [5, 5.41) is 10.8. The maximum atomic E-state index is 13.2. The van der Waals surface area contributed by atoms with Gasteiger partial charge in [-0.3, -0.25) is 9.59 Å². The van der Waals surface area contributed by atoms with E-state index in [1.807, 2.05) is 37.3 Å². The lowest BCUT2D eigenvalue weighted by Crippen LogP contribution is -2.52. The molecule has 1 fully saturated rings. The van der Waals surface area contributed by atoms with Gasteiger partial charge in [-0.2, -0.15) is 0 Å². The maximum Gasteiger partial charge on any atom is 0.416 e. The van der Waals surface area contributed by atoms with Gasteiger partial charge in [-0.1, -0.05) is 50.6 Å². The van der Waals surface area contributed by atoms with Gasteiger partial charge >= 0.3 is 6.09 Å². The second kappa shape index (κ2) is 9.41. The fourth-order valence-corrected chi connectivity index (χ4v) is 4.22. The summed E-state index contributed by atoms with van der Waals surface area (Å²) in [5.74, 6) is -3.62. The minimum Gasteiger partial charge on any atom is -0.447 e. The van der Waals surface area contributed by atoms with Gasteiger partial charge in [0, 0.05) is 6.42 Å². The Morgan fingerprint density at radius 1 is 1.33 bits per heavy atom. The Balaban J connectivity index is 1.77. The Hall–Kier alpha value is -2.03. The van der Waals surface area contributed by atoms with Crippen molar-refractivity contribution in [1.82, 2.24) is 4.90 Å². The van der Waals surface area contributed by atoms with Crippen LogP contribution in [0.4, 0.5) is 4.79 Å². The van der Waals surface area contributed by atoms with E-state index in [2.05, 4.69) is 15.9 Å². The molecule has 1 saturated heterocycles. The van der Waals surface area contributed by atoms with Crippen LogP contribution in [0.15, 0.2) is 40.9 Å². The Morgan fingerprint density at radius 2 is 2.03 bits per heavy atom. The number of nitrogens with zero attached hydrogens (tertiary/aromatic N) is 1. The van der Waals surface area contributed by atoms with Gasteiger partial charge < -0.3 is 14.6 Å². The molecule has 7 nitrogen and oxygen atoms in total. The predicted molar refractivity (Wildman–Crippen MR) is 113 cm³/mol. The average Bonchev–Trinajstić information content (AvgIpc) is 3.09. The summed E-state index contributed by atoms with van der Waals surface area (Å²) < 4.78 is 11.1. The van der Waals surface area contributed by atoms with Crippen molar-refractivity contribution in [1.29, 1.82) is 0 Å². The van der Waals surface area contributed by atoms with E-state index >= 15 is 0 Å². The molecule has 0 bridgehead atoms. The van der Waals surface area contributed by atoms with E-state index in [1.54, 1.807) is 0 Å². The molecule has 0 spiro atoms. The maximum absolute atomic E-state index is 13.2. The van der Waals surface area contributed by atoms with Crippen LogP contribution in [0.5, 0.6) is 0 Å². The van der Waals surface area contributed by atoms with Crippen molar-refractivity contribution in [2.45, 2.75) is 57.5 Å². The summed E-state index contributed by atoms with van der Waals surface area (Å²) in [7, 11) is 0. The molecule has 0 unspecified atom stereocenters. The molecule has 8 heteroatoms. The number of amides is 2. The highest BCUT2D eigenvalue weighted by Crippen LogP contribution is 2.37. The number of aliphatic hydroxyl groups is 1. The average molecular weight is 480 g/mol. The van der Waals surface area contributed by atoms with Crippen molar-refractivity contribution in [3.63, 3.8) is 0 Å². The Bertz CT molecular complexity index is 841. The van der Waals surface area contributed by atoms with Crippen molar-refractivity contribution in [3.8, 4) is 0 Å². The zero-order valence-corrected chi connectivity index (χ0v) is 18.6. The van der Waals surface area contributed by atoms with Crippen LogP contribution in [0, 0.1) is 5.92 Å². The molecule has 1 aromatic carbocycles. The van der Waals surface area contributed by atoms with Crippen LogP contribution < -0.4 is 0 Å². The summed E-state index contributed by atoms with van der Waals surface area (Å²) in [5.41, 5.74) is 0.969. The van der Waals surface area contributed by atoms with E-state index < -0.39 is 41.6 Å².